The van der Waals surface area contributed by atoms with Crippen LogP contribution in [0.5, 0.6) is 0 Å². The van der Waals surface area contributed by atoms with Crippen LogP contribution in [0, 0.1) is 10.8 Å². The van der Waals surface area contributed by atoms with Crippen LogP contribution < -0.4 is 10.6 Å². The van der Waals surface area contributed by atoms with Crippen molar-refractivity contribution in [1.82, 2.24) is 9.97 Å². The first-order chi connectivity index (χ1) is 11.6. The molecule has 0 atom stereocenters. The van der Waals surface area contributed by atoms with Crippen LogP contribution in [-0.4, -0.2) is 49.5 Å². The number of anilines is 2. The van der Waals surface area contributed by atoms with Gasteiger partial charge in [-0.05, 0) is 12.1 Å². The standard InChI is InChI=1S/C18H24N4O2/c1-17(9-23-10-17)7-19-15-13-5-3-4-6-14(13)21-16(22-15)20-8-18(2)11-24-12-18/h3-6H,7-12H2,1-2H3,(H2,19,20,21,22). The van der Waals surface area contributed by atoms with Crippen LogP contribution in [-0.2, 0) is 9.47 Å². The summed E-state index contributed by atoms with van der Waals surface area (Å²) in [6, 6.07) is 8.10. The van der Waals surface area contributed by atoms with Gasteiger partial charge in [-0.3, -0.25) is 0 Å². The minimum absolute atomic E-state index is 0.180. The summed E-state index contributed by atoms with van der Waals surface area (Å²) in [4.78, 5) is 9.36. The lowest BCUT2D eigenvalue weighted by molar-refractivity contribution is -0.0925. The summed E-state index contributed by atoms with van der Waals surface area (Å²) in [5.74, 6) is 1.55. The van der Waals surface area contributed by atoms with Gasteiger partial charge in [-0.25, -0.2) is 4.98 Å². The molecule has 4 rings (SSSR count). The van der Waals surface area contributed by atoms with E-state index in [0.717, 1.165) is 56.2 Å². The van der Waals surface area contributed by atoms with E-state index in [4.69, 9.17) is 14.5 Å². The van der Waals surface area contributed by atoms with Crippen molar-refractivity contribution in [3.63, 3.8) is 0 Å². The van der Waals surface area contributed by atoms with Gasteiger partial charge >= 0.3 is 0 Å². The second-order valence-electron chi connectivity index (χ2n) is 7.73. The van der Waals surface area contributed by atoms with E-state index in [1.165, 1.54) is 0 Å². The third-order valence-corrected chi connectivity index (χ3v) is 4.76. The van der Waals surface area contributed by atoms with E-state index in [9.17, 15) is 0 Å². The number of nitrogens with zero attached hydrogens (tertiary/aromatic N) is 2. The second-order valence-corrected chi connectivity index (χ2v) is 7.73. The Kier molecular flexibility index (Phi) is 3.81. The summed E-state index contributed by atoms with van der Waals surface area (Å²) < 4.78 is 10.6. The molecule has 0 spiro atoms. The zero-order chi connectivity index (χ0) is 16.6. The lowest BCUT2D eigenvalue weighted by Crippen LogP contribution is -2.45. The molecule has 1 aromatic carbocycles. The van der Waals surface area contributed by atoms with Crippen LogP contribution in [0.4, 0.5) is 11.8 Å². The van der Waals surface area contributed by atoms with Crippen LogP contribution in [0.1, 0.15) is 13.8 Å². The van der Waals surface area contributed by atoms with Crippen molar-refractivity contribution in [2.24, 2.45) is 10.8 Å². The second kappa shape index (κ2) is 5.86. The average molecular weight is 328 g/mol. The van der Waals surface area contributed by atoms with Crippen LogP contribution >= 0.6 is 0 Å². The van der Waals surface area contributed by atoms with Gasteiger partial charge in [-0.15, -0.1) is 0 Å². The minimum atomic E-state index is 0.180. The molecule has 0 radical (unpaired) electrons. The highest BCUT2D eigenvalue weighted by atomic mass is 16.5. The van der Waals surface area contributed by atoms with Gasteiger partial charge in [0.25, 0.3) is 0 Å². The van der Waals surface area contributed by atoms with Crippen molar-refractivity contribution in [2.45, 2.75) is 13.8 Å². The Morgan fingerprint density at radius 2 is 1.54 bits per heavy atom. The highest BCUT2D eigenvalue weighted by Crippen LogP contribution is 2.30. The van der Waals surface area contributed by atoms with Crippen LogP contribution in [0.3, 0.4) is 0 Å². The lowest BCUT2D eigenvalue weighted by Gasteiger charge is -2.38. The molecule has 0 bridgehead atoms. The molecular weight excluding hydrogens is 304 g/mol. The van der Waals surface area contributed by atoms with Gasteiger partial charge < -0.3 is 20.1 Å². The molecule has 0 unspecified atom stereocenters. The van der Waals surface area contributed by atoms with E-state index in [2.05, 4.69) is 35.5 Å². The first kappa shape index (κ1) is 15.6. The predicted molar refractivity (Wildman–Crippen MR) is 94.4 cm³/mol. The molecule has 6 nitrogen and oxygen atoms in total. The summed E-state index contributed by atoms with van der Waals surface area (Å²) in [6.07, 6.45) is 0. The largest absolute Gasteiger partial charge is 0.380 e. The number of hydrogen-bond donors (Lipinski definition) is 2. The maximum Gasteiger partial charge on any atom is 0.225 e. The number of rotatable bonds is 6. The fourth-order valence-electron chi connectivity index (χ4n) is 2.99. The normalized spacial score (nSPS) is 20.9. The van der Waals surface area contributed by atoms with Crippen LogP contribution in [0.25, 0.3) is 10.9 Å². The summed E-state index contributed by atoms with van der Waals surface area (Å²) in [6.45, 7) is 9.27. The molecule has 3 heterocycles. The van der Waals surface area contributed by atoms with E-state index >= 15 is 0 Å². The molecule has 6 heteroatoms. The highest BCUT2D eigenvalue weighted by molar-refractivity contribution is 5.90. The first-order valence-corrected chi connectivity index (χ1v) is 8.45. The molecule has 0 aliphatic carbocycles. The number of aromatic nitrogens is 2. The van der Waals surface area contributed by atoms with Gasteiger partial charge in [0.2, 0.25) is 5.95 Å². The molecule has 2 fully saturated rings. The van der Waals surface area contributed by atoms with Gasteiger partial charge in [-0.1, -0.05) is 26.0 Å². The molecule has 2 N–H and O–H groups in total. The summed E-state index contributed by atoms with van der Waals surface area (Å²) in [5, 5.41) is 7.92. The summed E-state index contributed by atoms with van der Waals surface area (Å²) in [5.41, 5.74) is 1.32. The smallest absolute Gasteiger partial charge is 0.225 e. The van der Waals surface area contributed by atoms with E-state index < -0.39 is 0 Å². The number of nitrogens with one attached hydrogen (secondary N) is 2. The van der Waals surface area contributed by atoms with E-state index in [1.807, 2.05) is 18.2 Å². The first-order valence-electron chi connectivity index (χ1n) is 8.45. The number of fused-ring (bicyclic) bond motifs is 1. The van der Waals surface area contributed by atoms with Crippen molar-refractivity contribution >= 4 is 22.7 Å². The highest BCUT2D eigenvalue weighted by Gasteiger charge is 2.34. The number of para-hydroxylation sites is 1. The zero-order valence-electron chi connectivity index (χ0n) is 14.3. The lowest BCUT2D eigenvalue weighted by atomic mass is 9.89. The van der Waals surface area contributed by atoms with E-state index in [1.54, 1.807) is 0 Å². The number of hydrogen-bond acceptors (Lipinski definition) is 6. The van der Waals surface area contributed by atoms with Gasteiger partial charge in [0.1, 0.15) is 5.82 Å². The van der Waals surface area contributed by atoms with E-state index in [-0.39, 0.29) is 10.8 Å². The fraction of sp³-hybridized carbons (Fsp3) is 0.556. The van der Waals surface area contributed by atoms with Crippen molar-refractivity contribution in [2.75, 3.05) is 50.2 Å². The molecule has 2 saturated heterocycles. The van der Waals surface area contributed by atoms with Crippen molar-refractivity contribution in [1.29, 1.82) is 0 Å². The van der Waals surface area contributed by atoms with Gasteiger partial charge in [0.15, 0.2) is 0 Å². The van der Waals surface area contributed by atoms with E-state index in [0.29, 0.717) is 5.95 Å². The van der Waals surface area contributed by atoms with Crippen molar-refractivity contribution in [3.8, 4) is 0 Å². The number of ether oxygens (including phenoxy) is 2. The van der Waals surface area contributed by atoms with Crippen molar-refractivity contribution in [3.05, 3.63) is 24.3 Å². The molecule has 24 heavy (non-hydrogen) atoms. The van der Waals surface area contributed by atoms with Gasteiger partial charge in [0.05, 0.1) is 31.9 Å². The van der Waals surface area contributed by atoms with Crippen molar-refractivity contribution < 1.29 is 9.47 Å². The Labute approximate surface area is 142 Å². The molecule has 2 aliphatic rings. The quantitative estimate of drug-likeness (QED) is 0.849. The third-order valence-electron chi connectivity index (χ3n) is 4.76. The fourth-order valence-corrected chi connectivity index (χ4v) is 2.99. The monoisotopic (exact) mass is 328 g/mol. The SMILES string of the molecule is CC1(CNc2nc(NCC3(C)COC3)c3ccccc3n2)COC1. The Hall–Kier alpha value is -1.92. The molecule has 2 aromatic rings. The molecule has 0 saturated carbocycles. The third kappa shape index (κ3) is 3.03. The Morgan fingerprint density at radius 1 is 0.917 bits per heavy atom. The Bertz CT molecular complexity index is 741. The topological polar surface area (TPSA) is 68.3 Å². The molecule has 128 valence electrons. The van der Waals surface area contributed by atoms with Gasteiger partial charge in [-0.2, -0.15) is 4.98 Å². The minimum Gasteiger partial charge on any atom is -0.380 e. The maximum atomic E-state index is 5.34. The van der Waals surface area contributed by atoms with Crippen LogP contribution in [0.15, 0.2) is 24.3 Å². The van der Waals surface area contributed by atoms with Gasteiger partial charge in [0, 0.05) is 29.3 Å². The molecular formula is C18H24N4O2. The summed E-state index contributed by atoms with van der Waals surface area (Å²) in [7, 11) is 0. The zero-order valence-corrected chi connectivity index (χ0v) is 14.3. The molecule has 2 aliphatic heterocycles. The molecule has 0 amide bonds. The number of benzene rings is 1. The Morgan fingerprint density at radius 3 is 2.17 bits per heavy atom. The molecule has 1 aromatic heterocycles. The Balaban J connectivity index is 1.55. The maximum absolute atomic E-state index is 5.34. The average Bonchev–Trinajstić information content (AvgIpc) is 2.54. The summed E-state index contributed by atoms with van der Waals surface area (Å²) >= 11 is 0. The predicted octanol–water partition coefficient (Wildman–Crippen LogP) is 2.53. The van der Waals surface area contributed by atoms with Crippen LogP contribution in [0.2, 0.25) is 0 Å².